The summed E-state index contributed by atoms with van der Waals surface area (Å²) in [5.41, 5.74) is 2.75. The van der Waals surface area contributed by atoms with Crippen molar-refractivity contribution in [3.8, 4) is 0 Å². The van der Waals surface area contributed by atoms with Gasteiger partial charge in [0.25, 0.3) is 0 Å². The highest BCUT2D eigenvalue weighted by molar-refractivity contribution is 5.89. The zero-order valence-corrected chi connectivity index (χ0v) is 8.69. The fraction of sp³-hybridized carbons (Fsp3) is 0.364. The molecule has 1 rings (SSSR count). The lowest BCUT2D eigenvalue weighted by Gasteiger charge is -2.03. The van der Waals surface area contributed by atoms with Gasteiger partial charge in [0.05, 0.1) is 5.69 Å². The lowest BCUT2D eigenvalue weighted by molar-refractivity contribution is 0.955. The summed E-state index contributed by atoms with van der Waals surface area (Å²) >= 11 is 0. The normalized spacial score (nSPS) is 13.8. The minimum absolute atomic E-state index is 0.352. The van der Waals surface area contributed by atoms with Gasteiger partial charge in [0, 0.05) is 5.71 Å². The Bertz CT molecular complexity index is 358. The van der Waals surface area contributed by atoms with Crippen molar-refractivity contribution >= 4 is 11.4 Å². The average Bonchev–Trinajstić information content (AvgIpc) is 2.20. The number of hydrogen-bond acceptors (Lipinski definition) is 3. The third-order valence-corrected chi connectivity index (χ3v) is 2.17. The molecule has 0 spiro atoms. The van der Waals surface area contributed by atoms with Gasteiger partial charge >= 0.3 is 0 Å². The third-order valence-electron chi connectivity index (χ3n) is 2.17. The lowest BCUT2D eigenvalue weighted by atomic mass is 10.2. The molecule has 0 N–H and O–H groups in total. The molecule has 0 saturated carbocycles. The maximum Gasteiger partial charge on any atom is 0.127 e. The number of benzene rings is 1. The van der Waals surface area contributed by atoms with E-state index in [1.807, 2.05) is 38.1 Å². The molecule has 0 fully saturated rings. The summed E-state index contributed by atoms with van der Waals surface area (Å²) in [4.78, 5) is 14.6. The Kier molecular flexibility index (Phi) is 3.51. The third kappa shape index (κ3) is 2.49. The van der Waals surface area contributed by atoms with Crippen LogP contribution >= 0.6 is 0 Å². The number of nitroso groups, excluding NO2 is 1. The fourth-order valence-corrected chi connectivity index (χ4v) is 1.05. The highest BCUT2D eigenvalue weighted by atomic mass is 16.3. The van der Waals surface area contributed by atoms with E-state index in [0.29, 0.717) is 0 Å². The van der Waals surface area contributed by atoms with E-state index in [9.17, 15) is 4.91 Å². The largest absolute Gasteiger partial charge is 0.255 e. The van der Waals surface area contributed by atoms with Crippen LogP contribution in [0.15, 0.2) is 34.4 Å². The van der Waals surface area contributed by atoms with Gasteiger partial charge in [-0.3, -0.25) is 4.99 Å². The molecular weight excluding hydrogens is 176 g/mol. The molecule has 0 aliphatic carbocycles. The van der Waals surface area contributed by atoms with Crippen LogP contribution in [-0.4, -0.2) is 11.8 Å². The van der Waals surface area contributed by atoms with Gasteiger partial charge in [-0.15, -0.1) is 0 Å². The molecular formula is C11H14N2O. The summed E-state index contributed by atoms with van der Waals surface area (Å²) in [6.07, 6.45) is 0. The van der Waals surface area contributed by atoms with E-state index in [4.69, 9.17) is 0 Å². The summed E-state index contributed by atoms with van der Waals surface area (Å²) in [5.74, 6) is 0. The molecule has 0 aliphatic rings. The molecule has 0 aromatic heterocycles. The van der Waals surface area contributed by atoms with Gasteiger partial charge < -0.3 is 0 Å². The molecule has 0 bridgehead atoms. The quantitative estimate of drug-likeness (QED) is 0.533. The van der Waals surface area contributed by atoms with E-state index >= 15 is 0 Å². The zero-order chi connectivity index (χ0) is 10.6. The van der Waals surface area contributed by atoms with Crippen molar-refractivity contribution in [2.45, 2.75) is 26.8 Å². The average molecular weight is 190 g/mol. The Morgan fingerprint density at radius 2 is 2.00 bits per heavy atom. The number of aryl methyl sites for hydroxylation is 1. The Balaban J connectivity index is 2.97. The smallest absolute Gasteiger partial charge is 0.127 e. The molecule has 0 aliphatic heterocycles. The number of hydrogen-bond donors (Lipinski definition) is 0. The van der Waals surface area contributed by atoms with Gasteiger partial charge in [-0.1, -0.05) is 23.4 Å². The molecule has 3 nitrogen and oxygen atoms in total. The van der Waals surface area contributed by atoms with E-state index in [1.54, 1.807) is 6.92 Å². The van der Waals surface area contributed by atoms with Gasteiger partial charge in [-0.05, 0) is 32.4 Å². The first-order valence-electron chi connectivity index (χ1n) is 4.58. The molecule has 3 heteroatoms. The van der Waals surface area contributed by atoms with E-state index in [2.05, 4.69) is 10.2 Å². The first-order chi connectivity index (χ1) is 6.65. The Labute approximate surface area is 83.8 Å². The maximum absolute atomic E-state index is 10.3. The monoisotopic (exact) mass is 190 g/mol. The zero-order valence-electron chi connectivity index (χ0n) is 8.69. The van der Waals surface area contributed by atoms with Gasteiger partial charge in [-0.25, -0.2) is 0 Å². The van der Waals surface area contributed by atoms with Crippen molar-refractivity contribution in [3.63, 3.8) is 0 Å². The molecule has 1 aromatic carbocycles. The number of nitrogens with zero attached hydrogens (tertiary/aromatic N) is 2. The summed E-state index contributed by atoms with van der Waals surface area (Å²) in [6.45, 7) is 5.55. The first kappa shape index (κ1) is 10.6. The van der Waals surface area contributed by atoms with Crippen LogP contribution in [0, 0.1) is 11.8 Å². The van der Waals surface area contributed by atoms with Crippen LogP contribution in [0.25, 0.3) is 0 Å². The molecule has 14 heavy (non-hydrogen) atoms. The summed E-state index contributed by atoms with van der Waals surface area (Å²) in [7, 11) is 0. The van der Waals surface area contributed by atoms with Crippen molar-refractivity contribution in [2.24, 2.45) is 10.2 Å². The molecule has 1 atom stereocenters. The number of aliphatic imine (C=N–C) groups is 1. The SMILES string of the molecule is CC(=Nc1ccccc1C)C(C)N=O. The van der Waals surface area contributed by atoms with E-state index in [0.717, 1.165) is 17.0 Å². The maximum atomic E-state index is 10.3. The van der Waals surface area contributed by atoms with E-state index in [1.165, 1.54) is 0 Å². The first-order valence-corrected chi connectivity index (χ1v) is 4.58. The molecule has 0 amide bonds. The Morgan fingerprint density at radius 1 is 1.36 bits per heavy atom. The van der Waals surface area contributed by atoms with Crippen LogP contribution in [0.2, 0.25) is 0 Å². The molecule has 74 valence electrons. The Morgan fingerprint density at radius 3 is 2.57 bits per heavy atom. The van der Waals surface area contributed by atoms with Crippen LogP contribution in [0.4, 0.5) is 5.69 Å². The summed E-state index contributed by atoms with van der Waals surface area (Å²) in [5, 5.41) is 2.93. The van der Waals surface area contributed by atoms with Gasteiger partial charge in [0.1, 0.15) is 6.04 Å². The number of rotatable bonds is 3. The van der Waals surface area contributed by atoms with E-state index in [-0.39, 0.29) is 6.04 Å². The molecule has 0 saturated heterocycles. The summed E-state index contributed by atoms with van der Waals surface area (Å²) < 4.78 is 0. The molecule has 0 heterocycles. The van der Waals surface area contributed by atoms with Crippen molar-refractivity contribution < 1.29 is 0 Å². The molecule has 1 unspecified atom stereocenters. The van der Waals surface area contributed by atoms with E-state index < -0.39 is 0 Å². The van der Waals surface area contributed by atoms with Gasteiger partial charge in [0.2, 0.25) is 0 Å². The number of para-hydroxylation sites is 1. The Hall–Kier alpha value is -1.51. The molecule has 0 radical (unpaired) electrons. The predicted molar refractivity (Wildman–Crippen MR) is 59.2 cm³/mol. The van der Waals surface area contributed by atoms with Crippen molar-refractivity contribution in [3.05, 3.63) is 34.7 Å². The lowest BCUT2D eigenvalue weighted by Crippen LogP contribution is -2.09. The second-order valence-electron chi connectivity index (χ2n) is 3.32. The molecule has 1 aromatic rings. The van der Waals surface area contributed by atoms with Crippen LogP contribution in [0.5, 0.6) is 0 Å². The van der Waals surface area contributed by atoms with Crippen molar-refractivity contribution in [2.75, 3.05) is 0 Å². The van der Waals surface area contributed by atoms with Crippen LogP contribution in [0.3, 0.4) is 0 Å². The second-order valence-corrected chi connectivity index (χ2v) is 3.32. The summed E-state index contributed by atoms with van der Waals surface area (Å²) in [6, 6.07) is 7.46. The highest BCUT2D eigenvalue weighted by Crippen LogP contribution is 2.18. The van der Waals surface area contributed by atoms with Crippen LogP contribution in [0.1, 0.15) is 19.4 Å². The minimum Gasteiger partial charge on any atom is -0.255 e. The fourth-order valence-electron chi connectivity index (χ4n) is 1.05. The topological polar surface area (TPSA) is 41.8 Å². The van der Waals surface area contributed by atoms with Crippen molar-refractivity contribution in [1.82, 2.24) is 0 Å². The van der Waals surface area contributed by atoms with Gasteiger partial charge in [-0.2, -0.15) is 4.91 Å². The van der Waals surface area contributed by atoms with Gasteiger partial charge in [0.15, 0.2) is 0 Å². The highest BCUT2D eigenvalue weighted by Gasteiger charge is 2.05. The van der Waals surface area contributed by atoms with Crippen LogP contribution < -0.4 is 0 Å². The predicted octanol–water partition coefficient (Wildman–Crippen LogP) is 3.24. The van der Waals surface area contributed by atoms with Crippen molar-refractivity contribution in [1.29, 1.82) is 0 Å². The second kappa shape index (κ2) is 4.65. The minimum atomic E-state index is -0.352. The van der Waals surface area contributed by atoms with Crippen LogP contribution in [-0.2, 0) is 0 Å². The standard InChI is InChI=1S/C11H14N2O/c1-8-6-4-5-7-11(8)12-9(2)10(3)13-14/h4-7,10H,1-3H3.